The van der Waals surface area contributed by atoms with E-state index in [-0.39, 0.29) is 6.03 Å². The normalized spacial score (nSPS) is 13.5. The van der Waals surface area contributed by atoms with Gasteiger partial charge >= 0.3 is 6.03 Å². The quantitative estimate of drug-likeness (QED) is 0.792. The summed E-state index contributed by atoms with van der Waals surface area (Å²) in [6.45, 7) is 0. The molecule has 1 aromatic carbocycles. The van der Waals surface area contributed by atoms with Gasteiger partial charge in [0.15, 0.2) is 11.6 Å². The van der Waals surface area contributed by atoms with Crippen molar-refractivity contribution < 1.29 is 4.79 Å². The van der Waals surface area contributed by atoms with E-state index in [4.69, 9.17) is 23.2 Å². The smallest absolute Gasteiger partial charge is 0.320 e. The molecule has 114 valence electrons. The molecule has 0 aliphatic heterocycles. The number of nitrogens with zero attached hydrogens (tertiary/aromatic N) is 2. The van der Waals surface area contributed by atoms with Crippen molar-refractivity contribution in [3.05, 3.63) is 40.4 Å². The van der Waals surface area contributed by atoms with Gasteiger partial charge in [-0.05, 0) is 43.2 Å². The Kier molecular flexibility index (Phi) is 4.31. The Labute approximate surface area is 137 Å². The van der Waals surface area contributed by atoms with Gasteiger partial charge in [-0.25, -0.2) is 4.79 Å². The minimum absolute atomic E-state index is 0.266. The highest BCUT2D eigenvalue weighted by atomic mass is 35.5. The molecule has 0 radical (unpaired) electrons. The fourth-order valence-electron chi connectivity index (χ4n) is 1.76. The molecule has 6 nitrogen and oxygen atoms in total. The molecular formula is C14H13Cl2N5O. The molecule has 1 aromatic heterocycles. The van der Waals surface area contributed by atoms with Gasteiger partial charge in [-0.1, -0.05) is 23.2 Å². The predicted molar refractivity (Wildman–Crippen MR) is 87.0 cm³/mol. The summed E-state index contributed by atoms with van der Waals surface area (Å²) in [6, 6.07) is 8.50. The van der Waals surface area contributed by atoms with Gasteiger partial charge < -0.3 is 10.6 Å². The van der Waals surface area contributed by atoms with Crippen LogP contribution in [0.2, 0.25) is 10.0 Å². The van der Waals surface area contributed by atoms with Crippen molar-refractivity contribution in [1.82, 2.24) is 15.5 Å². The number of halogens is 2. The first-order chi connectivity index (χ1) is 10.6. The number of hydrogen-bond donors (Lipinski definition) is 3. The maximum Gasteiger partial charge on any atom is 0.320 e. The van der Waals surface area contributed by atoms with Crippen molar-refractivity contribution in [2.75, 3.05) is 10.6 Å². The second-order valence-electron chi connectivity index (χ2n) is 4.93. The highest BCUT2D eigenvalue weighted by Gasteiger charge is 2.23. The van der Waals surface area contributed by atoms with Crippen molar-refractivity contribution in [2.45, 2.75) is 18.9 Å². The third-order valence-electron chi connectivity index (χ3n) is 3.01. The molecular weight excluding hydrogens is 325 g/mol. The zero-order valence-corrected chi connectivity index (χ0v) is 12.9. The number of nitrogens with one attached hydrogen (secondary N) is 3. The van der Waals surface area contributed by atoms with Gasteiger partial charge in [0, 0.05) is 11.1 Å². The van der Waals surface area contributed by atoms with Gasteiger partial charge in [0.1, 0.15) is 0 Å². The first kappa shape index (κ1) is 14.9. The van der Waals surface area contributed by atoms with Crippen LogP contribution in [0.25, 0.3) is 0 Å². The number of amides is 2. The van der Waals surface area contributed by atoms with Crippen molar-refractivity contribution in [3.8, 4) is 0 Å². The molecule has 2 aromatic rings. The maximum absolute atomic E-state index is 11.6. The van der Waals surface area contributed by atoms with Gasteiger partial charge in [-0.2, -0.15) is 0 Å². The van der Waals surface area contributed by atoms with E-state index in [0.29, 0.717) is 33.4 Å². The Morgan fingerprint density at radius 1 is 1.09 bits per heavy atom. The number of carbonyl (C=O) groups excluding carboxylic acids is 1. The van der Waals surface area contributed by atoms with E-state index in [9.17, 15) is 4.79 Å². The van der Waals surface area contributed by atoms with E-state index < -0.39 is 0 Å². The Morgan fingerprint density at radius 3 is 2.45 bits per heavy atom. The average molecular weight is 338 g/mol. The Bertz CT molecular complexity index is 688. The highest BCUT2D eigenvalue weighted by Crippen LogP contribution is 2.27. The summed E-state index contributed by atoms with van der Waals surface area (Å²) in [5, 5.41) is 17.4. The van der Waals surface area contributed by atoms with Crippen LogP contribution < -0.4 is 16.0 Å². The molecule has 1 fully saturated rings. The van der Waals surface area contributed by atoms with Gasteiger partial charge in [0.2, 0.25) is 0 Å². The first-order valence-corrected chi connectivity index (χ1v) is 7.49. The maximum atomic E-state index is 11.6. The lowest BCUT2D eigenvalue weighted by Gasteiger charge is -2.08. The van der Waals surface area contributed by atoms with Crippen molar-refractivity contribution in [2.24, 2.45) is 0 Å². The Morgan fingerprint density at radius 2 is 1.82 bits per heavy atom. The van der Waals surface area contributed by atoms with Gasteiger partial charge in [-0.3, -0.25) is 5.32 Å². The fourth-order valence-corrected chi connectivity index (χ4v) is 2.22. The minimum atomic E-state index is -0.266. The van der Waals surface area contributed by atoms with E-state index in [0.717, 1.165) is 12.8 Å². The van der Waals surface area contributed by atoms with Crippen LogP contribution in [0.1, 0.15) is 12.8 Å². The monoisotopic (exact) mass is 337 g/mol. The molecule has 22 heavy (non-hydrogen) atoms. The van der Waals surface area contributed by atoms with Gasteiger partial charge in [-0.15, -0.1) is 10.2 Å². The summed E-state index contributed by atoms with van der Waals surface area (Å²) in [5.74, 6) is 0.892. The van der Waals surface area contributed by atoms with Crippen LogP contribution >= 0.6 is 23.2 Å². The lowest BCUT2D eigenvalue weighted by Crippen LogP contribution is -2.30. The van der Waals surface area contributed by atoms with Crippen LogP contribution in [0.4, 0.5) is 22.1 Å². The van der Waals surface area contributed by atoms with Crippen LogP contribution in [-0.4, -0.2) is 22.3 Å². The molecule has 1 heterocycles. The summed E-state index contributed by atoms with van der Waals surface area (Å²) < 4.78 is 0. The summed E-state index contributed by atoms with van der Waals surface area (Å²) in [4.78, 5) is 11.6. The third-order valence-corrected chi connectivity index (χ3v) is 3.56. The van der Waals surface area contributed by atoms with Crippen molar-refractivity contribution in [1.29, 1.82) is 0 Å². The van der Waals surface area contributed by atoms with Gasteiger partial charge in [0.25, 0.3) is 0 Å². The SMILES string of the molecule is O=C(Nc1ccc(Nc2ccc(Cl)cc2Cl)nn1)NC1CC1. The molecule has 0 bridgehead atoms. The second-order valence-corrected chi connectivity index (χ2v) is 5.77. The minimum Gasteiger partial charge on any atom is -0.338 e. The number of urea groups is 1. The molecule has 0 spiro atoms. The van der Waals surface area contributed by atoms with E-state index in [1.165, 1.54) is 0 Å². The summed E-state index contributed by atoms with van der Waals surface area (Å²) >= 11 is 11.9. The molecule has 1 saturated carbocycles. The van der Waals surface area contributed by atoms with Crippen LogP contribution in [-0.2, 0) is 0 Å². The Balaban J connectivity index is 1.62. The Hall–Kier alpha value is -2.05. The second kappa shape index (κ2) is 6.37. The standard InChI is InChI=1S/C14H13Cl2N5O/c15-8-1-4-11(10(16)7-8)18-12-5-6-13(21-20-12)19-14(22)17-9-2-3-9/h1,4-7,9H,2-3H2,(H,18,20)(H2,17,19,21,22). The number of carbonyl (C=O) groups is 1. The lowest BCUT2D eigenvalue weighted by molar-refractivity contribution is 0.251. The molecule has 3 N–H and O–H groups in total. The molecule has 0 unspecified atom stereocenters. The number of rotatable bonds is 4. The van der Waals surface area contributed by atoms with Crippen LogP contribution in [0, 0.1) is 0 Å². The fraction of sp³-hybridized carbons (Fsp3) is 0.214. The molecule has 0 atom stereocenters. The van der Waals surface area contributed by atoms with Crippen LogP contribution in [0.5, 0.6) is 0 Å². The van der Waals surface area contributed by atoms with Crippen LogP contribution in [0.15, 0.2) is 30.3 Å². The van der Waals surface area contributed by atoms with Crippen LogP contribution in [0.3, 0.4) is 0 Å². The van der Waals surface area contributed by atoms with Gasteiger partial charge in [0.05, 0.1) is 10.7 Å². The molecule has 0 saturated heterocycles. The first-order valence-electron chi connectivity index (χ1n) is 6.73. The topological polar surface area (TPSA) is 78.9 Å². The van der Waals surface area contributed by atoms with E-state index in [1.807, 2.05) is 0 Å². The molecule has 2 amide bonds. The lowest BCUT2D eigenvalue weighted by atomic mass is 10.3. The van der Waals surface area contributed by atoms with Crippen molar-refractivity contribution in [3.63, 3.8) is 0 Å². The summed E-state index contributed by atoms with van der Waals surface area (Å²) in [6.07, 6.45) is 2.06. The summed E-state index contributed by atoms with van der Waals surface area (Å²) in [5.41, 5.74) is 0.674. The van der Waals surface area contributed by atoms with E-state index >= 15 is 0 Å². The van der Waals surface area contributed by atoms with Crippen molar-refractivity contribution >= 4 is 46.6 Å². The molecule has 1 aliphatic carbocycles. The molecule has 8 heteroatoms. The van der Waals surface area contributed by atoms with E-state index in [2.05, 4.69) is 26.1 Å². The number of benzene rings is 1. The number of hydrogen-bond acceptors (Lipinski definition) is 4. The highest BCUT2D eigenvalue weighted by molar-refractivity contribution is 6.36. The predicted octanol–water partition coefficient (Wildman–Crippen LogP) is 3.81. The number of anilines is 3. The number of aromatic nitrogens is 2. The summed E-state index contributed by atoms with van der Waals surface area (Å²) in [7, 11) is 0. The molecule has 3 rings (SSSR count). The largest absolute Gasteiger partial charge is 0.338 e. The zero-order valence-electron chi connectivity index (χ0n) is 11.4. The van der Waals surface area contributed by atoms with E-state index in [1.54, 1.807) is 30.3 Å². The zero-order chi connectivity index (χ0) is 15.5. The third kappa shape index (κ3) is 3.99. The molecule has 1 aliphatic rings. The average Bonchev–Trinajstić information content (AvgIpc) is 3.28.